The summed E-state index contributed by atoms with van der Waals surface area (Å²) < 4.78 is 13.2. The first kappa shape index (κ1) is 11.7. The lowest BCUT2D eigenvalue weighted by Gasteiger charge is -2.22. The molecule has 0 spiro atoms. The summed E-state index contributed by atoms with van der Waals surface area (Å²) in [6.45, 7) is 3.50. The van der Waals surface area contributed by atoms with Crippen molar-refractivity contribution in [1.29, 1.82) is 0 Å². The third-order valence-electron chi connectivity index (χ3n) is 2.37. The normalized spacial score (nSPS) is 11.8. The van der Waals surface area contributed by atoms with Crippen LogP contribution in [-0.2, 0) is 12.1 Å². The van der Waals surface area contributed by atoms with E-state index in [2.05, 4.69) is 15.9 Å². The van der Waals surface area contributed by atoms with Crippen molar-refractivity contribution < 1.29 is 9.50 Å². The van der Waals surface area contributed by atoms with Gasteiger partial charge in [0.1, 0.15) is 6.67 Å². The van der Waals surface area contributed by atoms with Crippen LogP contribution in [0.2, 0.25) is 0 Å². The van der Waals surface area contributed by atoms with Gasteiger partial charge in [0, 0.05) is 9.89 Å². The van der Waals surface area contributed by atoms with E-state index in [1.807, 2.05) is 26.0 Å². The van der Waals surface area contributed by atoms with Crippen LogP contribution in [0, 0.1) is 0 Å². The molecule has 0 unspecified atom stereocenters. The summed E-state index contributed by atoms with van der Waals surface area (Å²) in [5, 5.41) is 9.18. The Balaban J connectivity index is 3.08. The maximum atomic E-state index is 12.4. The average Bonchev–Trinajstić information content (AvgIpc) is 2.17. The smallest absolute Gasteiger partial charge is 0.116 e. The molecule has 0 atom stereocenters. The first-order valence-electron chi connectivity index (χ1n) is 4.47. The second kappa shape index (κ2) is 4.41. The van der Waals surface area contributed by atoms with Crippen LogP contribution in [-0.4, -0.2) is 11.7 Å². The van der Waals surface area contributed by atoms with Crippen LogP contribution in [0.5, 0.6) is 0 Å². The van der Waals surface area contributed by atoms with E-state index in [4.69, 9.17) is 0 Å². The van der Waals surface area contributed by atoms with Crippen molar-refractivity contribution in [2.75, 3.05) is 6.61 Å². The Bertz CT molecular complexity index is 323. The molecule has 0 amide bonds. The molecule has 14 heavy (non-hydrogen) atoms. The van der Waals surface area contributed by atoms with E-state index >= 15 is 0 Å². The summed E-state index contributed by atoms with van der Waals surface area (Å²) in [4.78, 5) is 0. The van der Waals surface area contributed by atoms with Gasteiger partial charge in [0.25, 0.3) is 0 Å². The molecular formula is C11H14BrFO. The Morgan fingerprint density at radius 3 is 2.50 bits per heavy atom. The van der Waals surface area contributed by atoms with Crippen molar-refractivity contribution in [3.8, 4) is 0 Å². The summed E-state index contributed by atoms with van der Waals surface area (Å²) in [5.41, 5.74) is 1.36. The van der Waals surface area contributed by atoms with Gasteiger partial charge in [-0.15, -0.1) is 0 Å². The summed E-state index contributed by atoms with van der Waals surface area (Å²) in [6, 6.07) is 5.47. The third kappa shape index (κ3) is 2.34. The van der Waals surface area contributed by atoms with Crippen molar-refractivity contribution in [3.63, 3.8) is 0 Å². The van der Waals surface area contributed by atoms with Crippen molar-refractivity contribution in [2.45, 2.75) is 25.9 Å². The van der Waals surface area contributed by atoms with Gasteiger partial charge < -0.3 is 5.11 Å². The van der Waals surface area contributed by atoms with Gasteiger partial charge in [0.05, 0.1) is 6.61 Å². The fourth-order valence-electron chi connectivity index (χ4n) is 1.17. The highest BCUT2D eigenvalue weighted by atomic mass is 79.9. The number of benzene rings is 1. The lowest BCUT2D eigenvalue weighted by molar-refractivity contribution is 0.218. The van der Waals surface area contributed by atoms with Crippen LogP contribution >= 0.6 is 15.9 Å². The molecule has 0 aromatic heterocycles. The summed E-state index contributed by atoms with van der Waals surface area (Å²) in [6.07, 6.45) is 0. The molecule has 0 aliphatic heterocycles. The lowest BCUT2D eigenvalue weighted by atomic mass is 9.85. The van der Waals surface area contributed by atoms with Crippen LogP contribution < -0.4 is 0 Å². The zero-order valence-electron chi connectivity index (χ0n) is 8.35. The molecule has 1 N–H and O–H groups in total. The fraction of sp³-hybridized carbons (Fsp3) is 0.455. The Labute approximate surface area is 92.1 Å². The molecule has 0 fully saturated rings. The lowest BCUT2D eigenvalue weighted by Crippen LogP contribution is -2.21. The van der Waals surface area contributed by atoms with Crippen LogP contribution in [0.25, 0.3) is 0 Å². The number of halogens is 2. The number of alkyl halides is 1. The second-order valence-electron chi connectivity index (χ2n) is 3.98. The maximum Gasteiger partial charge on any atom is 0.116 e. The molecule has 3 heteroatoms. The molecule has 1 aromatic rings. The Morgan fingerprint density at radius 2 is 2.07 bits per heavy atom. The first-order valence-corrected chi connectivity index (χ1v) is 5.26. The highest BCUT2D eigenvalue weighted by Gasteiger charge is 2.19. The topological polar surface area (TPSA) is 20.2 Å². The van der Waals surface area contributed by atoms with Crippen molar-refractivity contribution in [2.24, 2.45) is 0 Å². The van der Waals surface area contributed by atoms with Crippen LogP contribution in [0.4, 0.5) is 4.39 Å². The molecule has 0 heterocycles. The quantitative estimate of drug-likeness (QED) is 0.885. The Kier molecular flexibility index (Phi) is 3.67. The monoisotopic (exact) mass is 260 g/mol. The summed E-state index contributed by atoms with van der Waals surface area (Å²) >= 11 is 3.31. The highest BCUT2D eigenvalue weighted by molar-refractivity contribution is 9.10. The largest absolute Gasteiger partial charge is 0.395 e. The summed E-state index contributed by atoms with van der Waals surface area (Å²) in [7, 11) is 0. The Hall–Kier alpha value is -0.410. The average molecular weight is 261 g/mol. The zero-order valence-corrected chi connectivity index (χ0v) is 9.94. The van der Waals surface area contributed by atoms with Crippen LogP contribution in [0.15, 0.2) is 22.7 Å². The number of rotatable bonds is 3. The van der Waals surface area contributed by atoms with E-state index in [1.54, 1.807) is 6.07 Å². The molecule has 0 saturated carbocycles. The molecule has 0 saturated heterocycles. The molecule has 0 aliphatic rings. The molecule has 0 radical (unpaired) electrons. The van der Waals surface area contributed by atoms with Crippen LogP contribution in [0.3, 0.4) is 0 Å². The predicted molar refractivity (Wildman–Crippen MR) is 59.1 cm³/mol. The van der Waals surface area contributed by atoms with E-state index in [9.17, 15) is 9.50 Å². The molecule has 1 rings (SSSR count). The molecule has 1 nitrogen and oxygen atoms in total. The molecule has 0 bridgehead atoms. The van der Waals surface area contributed by atoms with Crippen molar-refractivity contribution >= 4 is 15.9 Å². The van der Waals surface area contributed by atoms with Gasteiger partial charge in [0.15, 0.2) is 0 Å². The van der Waals surface area contributed by atoms with Gasteiger partial charge in [-0.25, -0.2) is 4.39 Å². The molecule has 78 valence electrons. The molecular weight excluding hydrogens is 247 g/mol. The van der Waals surface area contributed by atoms with E-state index < -0.39 is 6.67 Å². The highest BCUT2D eigenvalue weighted by Crippen LogP contribution is 2.27. The number of hydrogen-bond donors (Lipinski definition) is 1. The van der Waals surface area contributed by atoms with Gasteiger partial charge in [0.2, 0.25) is 0 Å². The fourth-order valence-corrected chi connectivity index (χ4v) is 1.65. The van der Waals surface area contributed by atoms with E-state index in [1.165, 1.54) is 0 Å². The maximum absolute atomic E-state index is 12.4. The minimum absolute atomic E-state index is 0.0778. The Morgan fingerprint density at radius 1 is 1.43 bits per heavy atom. The zero-order chi connectivity index (χ0) is 10.8. The number of hydrogen-bond acceptors (Lipinski definition) is 1. The van der Waals surface area contributed by atoms with Crippen molar-refractivity contribution in [1.82, 2.24) is 0 Å². The van der Waals surface area contributed by atoms with Crippen LogP contribution in [0.1, 0.15) is 25.0 Å². The van der Waals surface area contributed by atoms with Gasteiger partial charge >= 0.3 is 0 Å². The SMILES string of the molecule is CC(C)(CO)c1ccc(CF)c(Br)c1. The van der Waals surface area contributed by atoms with E-state index in [0.29, 0.717) is 5.56 Å². The molecule has 0 aliphatic carbocycles. The standard InChI is InChI=1S/C11H14BrFO/c1-11(2,7-14)9-4-3-8(6-13)10(12)5-9/h3-5,14H,6-7H2,1-2H3. The van der Waals surface area contributed by atoms with Gasteiger partial charge in [-0.3, -0.25) is 0 Å². The van der Waals surface area contributed by atoms with Gasteiger partial charge in [-0.05, 0) is 17.2 Å². The predicted octanol–water partition coefficient (Wildman–Crippen LogP) is 3.19. The number of aliphatic hydroxyl groups is 1. The minimum Gasteiger partial charge on any atom is -0.395 e. The van der Waals surface area contributed by atoms with Gasteiger partial charge in [-0.1, -0.05) is 41.9 Å². The molecule has 1 aromatic carbocycles. The van der Waals surface area contributed by atoms with E-state index in [0.717, 1.165) is 10.0 Å². The first-order chi connectivity index (χ1) is 6.51. The van der Waals surface area contributed by atoms with Gasteiger partial charge in [-0.2, -0.15) is 0 Å². The van der Waals surface area contributed by atoms with E-state index in [-0.39, 0.29) is 12.0 Å². The number of aliphatic hydroxyl groups excluding tert-OH is 1. The summed E-state index contributed by atoms with van der Waals surface area (Å²) in [5.74, 6) is 0. The van der Waals surface area contributed by atoms with Crippen molar-refractivity contribution in [3.05, 3.63) is 33.8 Å². The third-order valence-corrected chi connectivity index (χ3v) is 3.11. The minimum atomic E-state index is -0.472. The second-order valence-corrected chi connectivity index (χ2v) is 4.84.